The van der Waals surface area contributed by atoms with Gasteiger partial charge >= 0.3 is 7.12 Å². The Kier molecular flexibility index (Phi) is 7.81. The summed E-state index contributed by atoms with van der Waals surface area (Å²) in [6, 6.07) is 4.03. The molecule has 0 radical (unpaired) electrons. The molecule has 5 heteroatoms. The van der Waals surface area contributed by atoms with Crippen LogP contribution in [-0.4, -0.2) is 23.8 Å². The smallest absolute Gasteiger partial charge is 0.423 e. The molecule has 0 fully saturated rings. The summed E-state index contributed by atoms with van der Waals surface area (Å²) in [6.45, 7) is 5.26. The first-order valence-corrected chi connectivity index (χ1v) is 7.30. The van der Waals surface area contributed by atoms with Crippen LogP contribution in [0.25, 0.3) is 0 Å². The molecular weight excluding hydrogens is 258 g/mol. The van der Waals surface area contributed by atoms with E-state index in [0.29, 0.717) is 24.7 Å². The van der Waals surface area contributed by atoms with Crippen LogP contribution in [0.3, 0.4) is 0 Å². The second-order valence-electron chi connectivity index (χ2n) is 5.20. The summed E-state index contributed by atoms with van der Waals surface area (Å²) >= 11 is 0. The average Bonchev–Trinajstić information content (AvgIpc) is 2.42. The number of benzene rings is 1. The van der Waals surface area contributed by atoms with Crippen LogP contribution >= 0.6 is 0 Å². The number of rotatable bonds is 9. The minimum atomic E-state index is -1.66. The molecule has 0 aliphatic rings. The van der Waals surface area contributed by atoms with E-state index in [4.69, 9.17) is 14.8 Å². The maximum absolute atomic E-state index is 13.3. The van der Waals surface area contributed by atoms with E-state index >= 15 is 0 Å². The van der Waals surface area contributed by atoms with Gasteiger partial charge in [0.05, 0.1) is 6.61 Å². The van der Waals surface area contributed by atoms with Gasteiger partial charge in [-0.15, -0.1) is 0 Å². The molecule has 1 rings (SSSR count). The molecular formula is C15H24BFO3. The molecule has 112 valence electrons. The standard InChI is InChI=1S/C15H24BFO3/c1-3-5-6-12(4-2)10-20-11-13-7-14(16(18)19)9-15(17)8-13/h7-9,12,18-19H,3-6,10-11H2,1-2H3. The molecule has 0 amide bonds. The van der Waals surface area contributed by atoms with E-state index in [0.717, 1.165) is 18.9 Å². The molecule has 1 aromatic carbocycles. The molecule has 0 aliphatic carbocycles. The van der Waals surface area contributed by atoms with Crippen molar-refractivity contribution >= 4 is 12.6 Å². The lowest BCUT2D eigenvalue weighted by molar-refractivity contribution is 0.0818. The Bertz CT molecular complexity index is 399. The van der Waals surface area contributed by atoms with E-state index < -0.39 is 12.9 Å². The van der Waals surface area contributed by atoms with Gasteiger partial charge in [0.25, 0.3) is 0 Å². The van der Waals surface area contributed by atoms with Crippen LogP contribution in [0.15, 0.2) is 18.2 Å². The molecule has 0 heterocycles. The van der Waals surface area contributed by atoms with Crippen LogP contribution in [0, 0.1) is 11.7 Å². The summed E-state index contributed by atoms with van der Waals surface area (Å²) in [5.74, 6) is 0.0543. The Morgan fingerprint density at radius 1 is 1.25 bits per heavy atom. The second kappa shape index (κ2) is 9.11. The second-order valence-corrected chi connectivity index (χ2v) is 5.20. The van der Waals surface area contributed by atoms with Gasteiger partial charge < -0.3 is 14.8 Å². The van der Waals surface area contributed by atoms with Crippen molar-refractivity contribution in [3.05, 3.63) is 29.6 Å². The van der Waals surface area contributed by atoms with E-state index in [2.05, 4.69) is 13.8 Å². The molecule has 2 N–H and O–H groups in total. The van der Waals surface area contributed by atoms with Crippen LogP contribution in [-0.2, 0) is 11.3 Å². The summed E-state index contributed by atoms with van der Waals surface area (Å²) in [5.41, 5.74) is 0.778. The molecule has 1 unspecified atom stereocenters. The van der Waals surface area contributed by atoms with E-state index in [1.807, 2.05) is 0 Å². The highest BCUT2D eigenvalue weighted by Crippen LogP contribution is 2.14. The number of hydrogen-bond donors (Lipinski definition) is 2. The van der Waals surface area contributed by atoms with Gasteiger partial charge in [-0.3, -0.25) is 0 Å². The number of hydrogen-bond acceptors (Lipinski definition) is 3. The van der Waals surface area contributed by atoms with Crippen molar-refractivity contribution in [2.24, 2.45) is 5.92 Å². The van der Waals surface area contributed by atoms with Crippen LogP contribution in [0.1, 0.15) is 45.1 Å². The maximum atomic E-state index is 13.3. The molecule has 20 heavy (non-hydrogen) atoms. The van der Waals surface area contributed by atoms with E-state index in [1.54, 1.807) is 6.07 Å². The summed E-state index contributed by atoms with van der Waals surface area (Å²) < 4.78 is 19.0. The highest BCUT2D eigenvalue weighted by atomic mass is 19.1. The maximum Gasteiger partial charge on any atom is 0.488 e. The van der Waals surface area contributed by atoms with Crippen molar-refractivity contribution in [1.29, 1.82) is 0 Å². The van der Waals surface area contributed by atoms with Gasteiger partial charge in [0.1, 0.15) is 5.82 Å². The van der Waals surface area contributed by atoms with Crippen LogP contribution in [0.2, 0.25) is 0 Å². The van der Waals surface area contributed by atoms with Crippen LogP contribution in [0.5, 0.6) is 0 Å². The summed E-state index contributed by atoms with van der Waals surface area (Å²) in [7, 11) is -1.66. The third-order valence-corrected chi connectivity index (χ3v) is 3.44. The Balaban J connectivity index is 2.48. The zero-order valence-electron chi connectivity index (χ0n) is 12.3. The highest BCUT2D eigenvalue weighted by molar-refractivity contribution is 6.58. The lowest BCUT2D eigenvalue weighted by Gasteiger charge is -2.15. The SMILES string of the molecule is CCCCC(CC)COCc1cc(F)cc(B(O)O)c1. The fraction of sp³-hybridized carbons (Fsp3) is 0.600. The Morgan fingerprint density at radius 2 is 2.00 bits per heavy atom. The molecule has 1 aromatic rings. The van der Waals surface area contributed by atoms with Gasteiger partial charge in [0.15, 0.2) is 0 Å². The first-order valence-electron chi connectivity index (χ1n) is 7.30. The molecule has 0 spiro atoms. The van der Waals surface area contributed by atoms with Crippen molar-refractivity contribution in [2.75, 3.05) is 6.61 Å². The van der Waals surface area contributed by atoms with Crippen molar-refractivity contribution in [3.63, 3.8) is 0 Å². The third kappa shape index (κ3) is 6.03. The van der Waals surface area contributed by atoms with Crippen molar-refractivity contribution in [3.8, 4) is 0 Å². The van der Waals surface area contributed by atoms with Gasteiger partial charge in [-0.1, -0.05) is 39.2 Å². The largest absolute Gasteiger partial charge is 0.488 e. The first-order chi connectivity index (χ1) is 9.56. The molecule has 1 atom stereocenters. The zero-order chi connectivity index (χ0) is 15.0. The summed E-state index contributed by atoms with van der Waals surface area (Å²) in [4.78, 5) is 0. The fourth-order valence-electron chi connectivity index (χ4n) is 2.15. The Hall–Kier alpha value is -0.905. The summed E-state index contributed by atoms with van der Waals surface area (Å²) in [5, 5.41) is 18.1. The Morgan fingerprint density at radius 3 is 2.60 bits per heavy atom. The predicted octanol–water partition coefficient (Wildman–Crippen LogP) is 2.24. The lowest BCUT2D eigenvalue weighted by atomic mass is 9.79. The Labute approximate surface area is 120 Å². The molecule has 0 aliphatic heterocycles. The normalized spacial score (nSPS) is 12.4. The van der Waals surface area contributed by atoms with Crippen molar-refractivity contribution in [2.45, 2.75) is 46.1 Å². The van der Waals surface area contributed by atoms with Crippen molar-refractivity contribution < 1.29 is 19.2 Å². The van der Waals surface area contributed by atoms with Crippen molar-refractivity contribution in [1.82, 2.24) is 0 Å². The van der Waals surface area contributed by atoms with Gasteiger partial charge in [-0.25, -0.2) is 4.39 Å². The monoisotopic (exact) mass is 282 g/mol. The van der Waals surface area contributed by atoms with Crippen LogP contribution < -0.4 is 5.46 Å². The van der Waals surface area contributed by atoms with E-state index in [1.165, 1.54) is 18.9 Å². The first kappa shape index (κ1) is 17.1. The van der Waals surface area contributed by atoms with Gasteiger partial charge in [0.2, 0.25) is 0 Å². The number of halogens is 1. The fourth-order valence-corrected chi connectivity index (χ4v) is 2.15. The minimum absolute atomic E-state index is 0.154. The average molecular weight is 282 g/mol. The topological polar surface area (TPSA) is 49.7 Å². The molecule has 0 bridgehead atoms. The number of ether oxygens (including phenoxy) is 1. The van der Waals surface area contributed by atoms with E-state index in [-0.39, 0.29) is 5.46 Å². The molecule has 0 saturated heterocycles. The molecule has 0 saturated carbocycles. The summed E-state index contributed by atoms with van der Waals surface area (Å²) in [6.07, 6.45) is 4.60. The molecule has 3 nitrogen and oxygen atoms in total. The van der Waals surface area contributed by atoms with Gasteiger partial charge in [0, 0.05) is 6.61 Å². The van der Waals surface area contributed by atoms with E-state index in [9.17, 15) is 4.39 Å². The lowest BCUT2D eigenvalue weighted by Crippen LogP contribution is -2.30. The zero-order valence-corrected chi connectivity index (χ0v) is 12.3. The van der Waals surface area contributed by atoms with Gasteiger partial charge in [-0.05, 0) is 35.5 Å². The highest BCUT2D eigenvalue weighted by Gasteiger charge is 2.13. The minimum Gasteiger partial charge on any atom is -0.423 e. The van der Waals surface area contributed by atoms with Crippen LogP contribution in [0.4, 0.5) is 4.39 Å². The predicted molar refractivity (Wildman–Crippen MR) is 79.2 cm³/mol. The van der Waals surface area contributed by atoms with Gasteiger partial charge in [-0.2, -0.15) is 0 Å². The molecule has 0 aromatic heterocycles. The number of unbranched alkanes of at least 4 members (excludes halogenated alkanes) is 1. The third-order valence-electron chi connectivity index (χ3n) is 3.44. The quantitative estimate of drug-likeness (QED) is 0.683.